The molecule has 0 aromatic heterocycles. The molecule has 0 unspecified atom stereocenters. The molecule has 58 valence electrons. The molecule has 4 heteroatoms. The van der Waals surface area contributed by atoms with E-state index in [4.69, 9.17) is 13.0 Å². The third-order valence-electron chi connectivity index (χ3n) is 1.27. The quantitative estimate of drug-likeness (QED) is 0.536. The predicted octanol–water partition coefficient (Wildman–Crippen LogP) is 0.141. The van der Waals surface area contributed by atoms with Crippen LogP contribution in [0.3, 0.4) is 0 Å². The van der Waals surface area contributed by atoms with E-state index in [0.717, 1.165) is 5.56 Å². The van der Waals surface area contributed by atoms with Gasteiger partial charge in [-0.1, -0.05) is 0 Å². The Labute approximate surface area is 66.7 Å². The Morgan fingerprint density at radius 2 is 1.82 bits per heavy atom. The number of para-hydroxylation sites is 1. The predicted molar refractivity (Wildman–Crippen MR) is 42.1 cm³/mol. The molecule has 0 bridgehead atoms. The smallest absolute Gasteiger partial charge is 0.870 e. The molecule has 3 nitrogen and oxygen atoms in total. The van der Waals surface area contributed by atoms with Crippen LogP contribution in [0.15, 0.2) is 18.2 Å². The molecule has 0 amide bonds. The number of aromatic hydroxyl groups is 1. The van der Waals surface area contributed by atoms with Gasteiger partial charge in [0.15, 0.2) is 0 Å². The Morgan fingerprint density at radius 3 is 2.18 bits per heavy atom. The third-order valence-corrected chi connectivity index (χ3v) is 1.27. The summed E-state index contributed by atoms with van der Waals surface area (Å²) in [6, 6.07) is 5.29. The second kappa shape index (κ2) is 4.76. The molecule has 0 saturated carbocycles. The Hall–Kier alpha value is -0.995. The van der Waals surface area contributed by atoms with Gasteiger partial charge in [0, 0.05) is 0 Å². The van der Waals surface area contributed by atoms with E-state index in [2.05, 4.69) is 0 Å². The maximum absolute atomic E-state index is 9.08. The molecule has 0 heterocycles. The molecular formula is C7H9BO3. The first-order chi connectivity index (χ1) is 4.22. The van der Waals surface area contributed by atoms with Crippen LogP contribution in [0.2, 0.25) is 0 Å². The summed E-state index contributed by atoms with van der Waals surface area (Å²) in [7, 11) is 5.37. The largest absolute Gasteiger partial charge is 0.870 e. The number of rotatable bonds is 0. The number of hydrogen-bond donors (Lipinski definition) is 1. The summed E-state index contributed by atoms with van der Waals surface area (Å²) in [5.74, 6) is 0.192. The maximum Gasteiger partial charge on any atom is -0.870 e. The summed E-state index contributed by atoms with van der Waals surface area (Å²) in [6.45, 7) is 1.81. The Balaban J connectivity index is 0. The Morgan fingerprint density at radius 1 is 1.27 bits per heavy atom. The molecule has 3 N–H and O–H groups in total. The molecule has 0 spiro atoms. The van der Waals surface area contributed by atoms with Crippen LogP contribution in [-0.2, 0) is 0 Å². The average Bonchev–Trinajstić information content (AvgIpc) is 1.83. The van der Waals surface area contributed by atoms with Gasteiger partial charge in [-0.25, -0.2) is 0 Å². The number of phenolic OH excluding ortho intramolecular Hbond substituents is 1. The molecule has 0 fully saturated rings. The zero-order valence-electron chi connectivity index (χ0n) is 6.15. The van der Waals surface area contributed by atoms with E-state index in [-0.39, 0.29) is 16.7 Å². The average molecular weight is 152 g/mol. The third kappa shape index (κ3) is 2.61. The first kappa shape index (κ1) is 12.7. The van der Waals surface area contributed by atoms with Gasteiger partial charge >= 0.3 is 54.9 Å². The number of aryl methyl sites for hydroxylation is 1. The van der Waals surface area contributed by atoms with E-state index in [9.17, 15) is 0 Å². The fourth-order valence-corrected chi connectivity index (χ4v) is 0.682. The van der Waals surface area contributed by atoms with Crippen LogP contribution in [0.1, 0.15) is 5.56 Å². The van der Waals surface area contributed by atoms with E-state index in [1.54, 1.807) is 6.07 Å². The molecule has 0 saturated heterocycles. The molecule has 1 rings (SSSR count). The van der Waals surface area contributed by atoms with Crippen LogP contribution in [0, 0.1) is 6.92 Å². The van der Waals surface area contributed by atoms with Gasteiger partial charge in [-0.15, -0.1) is 0 Å². The van der Waals surface area contributed by atoms with Crippen molar-refractivity contribution in [3.8, 4) is 5.75 Å². The molecular weight excluding hydrogens is 143 g/mol. The molecule has 0 aliphatic rings. The summed E-state index contributed by atoms with van der Waals surface area (Å²) in [6.07, 6.45) is 0. The minimum absolute atomic E-state index is 0. The van der Waals surface area contributed by atoms with Crippen LogP contribution in [-0.4, -0.2) is 23.9 Å². The molecule has 0 aliphatic carbocycles. The van der Waals surface area contributed by atoms with E-state index in [1.165, 1.54) is 0 Å². The standard InChI is InChI=1S/C7H7BO.2H2O/c1-5-3-2-4-6(8)7(5)9;;/h2-4,9H,1H3;2*1H2/q+2;;/p-2. The van der Waals surface area contributed by atoms with Crippen molar-refractivity contribution < 1.29 is 16.1 Å². The van der Waals surface area contributed by atoms with Gasteiger partial charge in [-0.3, -0.25) is 0 Å². The maximum atomic E-state index is 9.08. The fraction of sp³-hybridized carbons (Fsp3) is 0.143. The van der Waals surface area contributed by atoms with Crippen LogP contribution >= 0.6 is 0 Å². The molecule has 1 aromatic rings. The van der Waals surface area contributed by atoms with E-state index < -0.39 is 0 Å². The van der Waals surface area contributed by atoms with Crippen molar-refractivity contribution in [3.05, 3.63) is 23.8 Å². The van der Waals surface area contributed by atoms with Crippen molar-refractivity contribution >= 4 is 13.3 Å². The summed E-state index contributed by atoms with van der Waals surface area (Å²) >= 11 is 0. The molecule has 0 atom stereocenters. The van der Waals surface area contributed by atoms with Gasteiger partial charge in [0.05, 0.1) is 0 Å². The Bertz CT molecular complexity index is 205. The van der Waals surface area contributed by atoms with E-state index >= 15 is 0 Å². The molecule has 0 aliphatic heterocycles. The van der Waals surface area contributed by atoms with Crippen LogP contribution < -0.4 is 5.46 Å². The van der Waals surface area contributed by atoms with Gasteiger partial charge in [-0.05, 0) is 0 Å². The van der Waals surface area contributed by atoms with Crippen LogP contribution in [0.4, 0.5) is 0 Å². The van der Waals surface area contributed by atoms with Crippen molar-refractivity contribution in [1.29, 1.82) is 0 Å². The van der Waals surface area contributed by atoms with Gasteiger partial charge in [-0.2, -0.15) is 0 Å². The molecule has 0 radical (unpaired) electrons. The number of hydrogen-bond acceptors (Lipinski definition) is 3. The summed E-state index contributed by atoms with van der Waals surface area (Å²) in [5, 5.41) is 9.08. The molecule has 1 aromatic carbocycles. The summed E-state index contributed by atoms with van der Waals surface area (Å²) in [4.78, 5) is 0. The normalized spacial score (nSPS) is 7.91. The zero-order chi connectivity index (χ0) is 6.85. The second-order valence-electron chi connectivity index (χ2n) is 2.01. The van der Waals surface area contributed by atoms with Crippen LogP contribution in [0.25, 0.3) is 0 Å². The van der Waals surface area contributed by atoms with E-state index in [0.29, 0.717) is 5.46 Å². The summed E-state index contributed by atoms with van der Waals surface area (Å²) < 4.78 is 0. The zero-order valence-corrected chi connectivity index (χ0v) is 6.15. The number of phenols is 1. The van der Waals surface area contributed by atoms with Crippen molar-refractivity contribution in [2.45, 2.75) is 6.92 Å². The van der Waals surface area contributed by atoms with Crippen molar-refractivity contribution in [3.63, 3.8) is 0 Å². The Kier molecular flexibility index (Phi) is 5.48. The van der Waals surface area contributed by atoms with Gasteiger partial charge in [0.1, 0.15) is 0 Å². The molecule has 11 heavy (non-hydrogen) atoms. The van der Waals surface area contributed by atoms with Crippen LogP contribution in [0.5, 0.6) is 5.75 Å². The van der Waals surface area contributed by atoms with E-state index in [1.807, 2.05) is 19.1 Å². The summed E-state index contributed by atoms with van der Waals surface area (Å²) in [5.41, 5.74) is 1.25. The van der Waals surface area contributed by atoms with Crippen molar-refractivity contribution in [1.82, 2.24) is 0 Å². The van der Waals surface area contributed by atoms with Crippen molar-refractivity contribution in [2.24, 2.45) is 0 Å². The minimum atomic E-state index is 0. The number of benzene rings is 1. The van der Waals surface area contributed by atoms with Crippen molar-refractivity contribution in [2.75, 3.05) is 0 Å². The first-order valence-corrected chi connectivity index (χ1v) is 2.76. The topological polar surface area (TPSA) is 80.2 Å². The van der Waals surface area contributed by atoms with Gasteiger partial charge in [0.25, 0.3) is 0 Å². The minimum Gasteiger partial charge on any atom is -0.870 e. The van der Waals surface area contributed by atoms with Gasteiger partial charge in [0.2, 0.25) is 0 Å². The second-order valence-corrected chi connectivity index (χ2v) is 2.01. The van der Waals surface area contributed by atoms with Gasteiger partial charge < -0.3 is 11.0 Å². The SMILES string of the molecule is [B+2]c1cccc(C)c1O.[OH-].[OH-]. The fourth-order valence-electron chi connectivity index (χ4n) is 0.682. The first-order valence-electron chi connectivity index (χ1n) is 2.76. The monoisotopic (exact) mass is 152 g/mol.